The van der Waals surface area contributed by atoms with E-state index in [-0.39, 0.29) is 0 Å². The van der Waals surface area contributed by atoms with Crippen molar-refractivity contribution < 1.29 is 0 Å². The molecule has 0 aliphatic rings. The molecule has 14 heavy (non-hydrogen) atoms. The fourth-order valence-electron chi connectivity index (χ4n) is 1.86. The van der Waals surface area contributed by atoms with Crippen molar-refractivity contribution in [1.82, 2.24) is 4.57 Å². The van der Waals surface area contributed by atoms with Gasteiger partial charge in [-0.1, -0.05) is 0 Å². The van der Waals surface area contributed by atoms with Crippen molar-refractivity contribution in [1.29, 1.82) is 0 Å². The van der Waals surface area contributed by atoms with Gasteiger partial charge in [-0.2, -0.15) is 0 Å². The number of aromatic nitrogens is 1. The number of nitrogens with zero attached hydrogens (tertiary/aromatic N) is 1. The second kappa shape index (κ2) is 3.49. The predicted octanol–water partition coefficient (Wildman–Crippen LogP) is 3.16. The van der Waals surface area contributed by atoms with Gasteiger partial charge in [0.1, 0.15) is 0 Å². The summed E-state index contributed by atoms with van der Waals surface area (Å²) in [5.41, 5.74) is 2.86. The van der Waals surface area contributed by atoms with Crippen LogP contribution in [0.5, 0.6) is 0 Å². The van der Waals surface area contributed by atoms with Crippen LogP contribution in [0.15, 0.2) is 30.3 Å². The Balaban J connectivity index is 2.75. The molecule has 0 N–H and O–H groups in total. The Morgan fingerprint density at radius 1 is 1.21 bits per heavy atom. The second-order valence-electron chi connectivity index (χ2n) is 4.12. The number of aryl methyl sites for hydroxylation is 1. The summed E-state index contributed by atoms with van der Waals surface area (Å²) in [5.74, 6) is 0. The summed E-state index contributed by atoms with van der Waals surface area (Å²) in [4.78, 5) is -1.23. The Kier molecular flexibility index (Phi) is 2.61. The van der Waals surface area contributed by atoms with Crippen LogP contribution in [-0.2, 0) is 7.05 Å². The molecule has 1 aromatic heterocycles. The minimum atomic E-state index is -1.23. The van der Waals surface area contributed by atoms with Crippen LogP contribution < -0.4 is 5.44 Å². The average molecular weight is 319 g/mol. The number of hydrogen-bond acceptors (Lipinski definition) is 0. The fraction of sp³-hybridized carbons (Fsp3) is 0.273. The molecule has 1 heterocycles. The molecule has 0 amide bonds. The van der Waals surface area contributed by atoms with Gasteiger partial charge in [-0.25, -0.2) is 0 Å². The van der Waals surface area contributed by atoms with Gasteiger partial charge in [-0.15, -0.1) is 0 Å². The van der Waals surface area contributed by atoms with Crippen LogP contribution in [-0.4, -0.2) is 17.9 Å². The summed E-state index contributed by atoms with van der Waals surface area (Å²) in [6, 6.07) is 10.9. The first kappa shape index (κ1) is 10.4. The van der Waals surface area contributed by atoms with Gasteiger partial charge in [0.25, 0.3) is 0 Å². The number of fused-ring (bicyclic) bond motifs is 1. The molecular formula is C11H15INP. The molecule has 3 heteroatoms. The Bertz CT molecular complexity index is 468. The van der Waals surface area contributed by atoms with Gasteiger partial charge < -0.3 is 0 Å². The first-order valence-electron chi connectivity index (χ1n) is 4.74. The van der Waals surface area contributed by atoms with Crippen LogP contribution in [0.3, 0.4) is 0 Å². The van der Waals surface area contributed by atoms with Crippen molar-refractivity contribution in [3.8, 4) is 0 Å². The number of halogens is 1. The molecule has 2 aromatic rings. The molecular weight excluding hydrogens is 304 g/mol. The number of rotatable bonds is 1. The van der Waals surface area contributed by atoms with Crippen molar-refractivity contribution >= 4 is 43.3 Å². The van der Waals surface area contributed by atoms with Crippen LogP contribution in [0.2, 0.25) is 0 Å². The zero-order chi connectivity index (χ0) is 10.3. The molecule has 2 rings (SSSR count). The van der Waals surface area contributed by atoms with Gasteiger partial charge in [0.15, 0.2) is 0 Å². The molecule has 0 saturated heterocycles. The first-order chi connectivity index (χ1) is 6.50. The molecule has 1 aromatic carbocycles. The molecule has 1 nitrogen and oxygen atoms in total. The van der Waals surface area contributed by atoms with E-state index >= 15 is 0 Å². The van der Waals surface area contributed by atoms with Crippen LogP contribution in [0.4, 0.5) is 0 Å². The van der Waals surface area contributed by atoms with Crippen molar-refractivity contribution in [2.75, 3.05) is 13.3 Å². The second-order valence-corrected chi connectivity index (χ2v) is 15.7. The van der Waals surface area contributed by atoms with Gasteiger partial charge in [0, 0.05) is 0 Å². The van der Waals surface area contributed by atoms with E-state index in [0.717, 1.165) is 0 Å². The van der Waals surface area contributed by atoms with Crippen molar-refractivity contribution in [2.24, 2.45) is 7.05 Å². The van der Waals surface area contributed by atoms with Crippen LogP contribution in [0.25, 0.3) is 10.9 Å². The Morgan fingerprint density at radius 3 is 2.43 bits per heavy atom. The van der Waals surface area contributed by atoms with Gasteiger partial charge in [-0.05, 0) is 0 Å². The van der Waals surface area contributed by atoms with E-state index in [1.54, 1.807) is 0 Å². The third-order valence-electron chi connectivity index (χ3n) is 2.56. The average Bonchev–Trinajstić information content (AvgIpc) is 2.44. The van der Waals surface area contributed by atoms with Gasteiger partial charge in [0.2, 0.25) is 0 Å². The number of hydrogen-bond donors (Lipinski definition) is 0. The summed E-state index contributed by atoms with van der Waals surface area (Å²) in [7, 11) is 2.17. The molecule has 0 fully saturated rings. The molecule has 0 aliphatic carbocycles. The molecule has 0 spiro atoms. The molecule has 76 valence electrons. The summed E-state index contributed by atoms with van der Waals surface area (Å²) in [6.45, 7) is 4.75. The third kappa shape index (κ3) is 1.70. The topological polar surface area (TPSA) is 4.93 Å². The van der Waals surface area contributed by atoms with Crippen LogP contribution in [0.1, 0.15) is 0 Å². The SMILES string of the molecule is Cn1c([PH](C)(C)I)cc2ccccc21. The van der Waals surface area contributed by atoms with E-state index in [1.807, 2.05) is 0 Å². The summed E-state index contributed by atoms with van der Waals surface area (Å²) in [5, 5.41) is 1.36. The predicted molar refractivity (Wildman–Crippen MR) is 76.7 cm³/mol. The zero-order valence-corrected chi connectivity index (χ0v) is 11.9. The maximum atomic E-state index is 2.62. The molecule has 0 aliphatic heterocycles. The first-order valence-corrected chi connectivity index (χ1v) is 10.9. The van der Waals surface area contributed by atoms with E-state index in [2.05, 4.69) is 77.3 Å². The molecule has 0 saturated carbocycles. The number of benzene rings is 1. The monoisotopic (exact) mass is 319 g/mol. The molecule has 0 bridgehead atoms. The maximum absolute atomic E-state index is 2.62. The Morgan fingerprint density at radius 2 is 1.86 bits per heavy atom. The van der Waals surface area contributed by atoms with Gasteiger partial charge >= 0.3 is 98.6 Å². The van der Waals surface area contributed by atoms with Crippen molar-refractivity contribution in [3.63, 3.8) is 0 Å². The van der Waals surface area contributed by atoms with Crippen molar-refractivity contribution in [2.45, 2.75) is 0 Å². The molecule has 0 atom stereocenters. The number of para-hydroxylation sites is 1. The summed E-state index contributed by atoms with van der Waals surface area (Å²) < 4.78 is 2.34. The van der Waals surface area contributed by atoms with E-state index in [9.17, 15) is 0 Å². The van der Waals surface area contributed by atoms with E-state index in [1.165, 1.54) is 16.3 Å². The van der Waals surface area contributed by atoms with Gasteiger partial charge in [-0.3, -0.25) is 0 Å². The van der Waals surface area contributed by atoms with Crippen molar-refractivity contribution in [3.05, 3.63) is 30.3 Å². The normalized spacial score (nSPS) is 13.4. The van der Waals surface area contributed by atoms with E-state index in [4.69, 9.17) is 0 Å². The van der Waals surface area contributed by atoms with E-state index in [0.29, 0.717) is 0 Å². The van der Waals surface area contributed by atoms with Crippen LogP contribution in [0, 0.1) is 0 Å². The Labute approximate surface area is 98.3 Å². The quantitative estimate of drug-likeness (QED) is 0.562. The molecule has 0 radical (unpaired) electrons. The Hall–Kier alpha value is -0.0800. The summed E-state index contributed by atoms with van der Waals surface area (Å²) >= 11 is 2.62. The van der Waals surface area contributed by atoms with E-state index < -0.39 is 4.90 Å². The van der Waals surface area contributed by atoms with Gasteiger partial charge in [0.05, 0.1) is 0 Å². The van der Waals surface area contributed by atoms with Crippen LogP contribution >= 0.6 is 26.9 Å². The minimum absolute atomic E-state index is 1.23. The zero-order valence-electron chi connectivity index (χ0n) is 8.71. The summed E-state index contributed by atoms with van der Waals surface area (Å²) in [6.07, 6.45) is 0. The molecule has 0 unspecified atom stereocenters. The third-order valence-corrected chi connectivity index (χ3v) is 5.92. The standard InChI is InChI=1S/C11H15INP/c1-13-10-7-5-4-6-9(10)8-11(13)14(2,3)12/h4-8,14H,1-3H3. The fourth-order valence-corrected chi connectivity index (χ4v) is 4.83.